The van der Waals surface area contributed by atoms with Crippen LogP contribution < -0.4 is 16.2 Å². The van der Waals surface area contributed by atoms with Gasteiger partial charge in [0, 0.05) is 17.3 Å². The summed E-state index contributed by atoms with van der Waals surface area (Å²) in [5.41, 5.74) is 3.07. The Bertz CT molecular complexity index is 1510. The van der Waals surface area contributed by atoms with Crippen LogP contribution in [0.2, 0.25) is 0 Å². The van der Waals surface area contributed by atoms with Crippen molar-refractivity contribution in [1.82, 2.24) is 19.9 Å². The standard InChI is InChI=1S/C26H23N5O2S/c1-17(11-12-18-7-3-2-4-8-18)27-23(32)19-13-15-20(16-14-19)28-25-30-31-24(33)21-9-5-6-10-22(21)29-26(31)34-25/h2-10,13-17H,11-12H2,1H3,(H,27,32)(H,28,30)/t17-/m1/s1. The number of carbonyl (C=O) groups excluding carboxylic acids is 1. The second kappa shape index (κ2) is 9.44. The van der Waals surface area contributed by atoms with Gasteiger partial charge in [0.05, 0.1) is 10.9 Å². The van der Waals surface area contributed by atoms with Crippen molar-refractivity contribution in [3.63, 3.8) is 0 Å². The van der Waals surface area contributed by atoms with Gasteiger partial charge in [-0.1, -0.05) is 53.8 Å². The number of nitrogens with one attached hydrogen (secondary N) is 2. The van der Waals surface area contributed by atoms with E-state index in [0.29, 0.717) is 26.6 Å². The van der Waals surface area contributed by atoms with Crippen LogP contribution in [0.3, 0.4) is 0 Å². The topological polar surface area (TPSA) is 88.4 Å². The average Bonchev–Trinajstić information content (AvgIpc) is 3.26. The van der Waals surface area contributed by atoms with Crippen LogP contribution in [0.5, 0.6) is 0 Å². The number of fused-ring (bicyclic) bond motifs is 2. The maximum absolute atomic E-state index is 12.7. The van der Waals surface area contributed by atoms with Crippen molar-refractivity contribution < 1.29 is 4.79 Å². The lowest BCUT2D eigenvalue weighted by molar-refractivity contribution is 0.0938. The zero-order valence-corrected chi connectivity index (χ0v) is 19.4. The second-order valence-corrected chi connectivity index (χ2v) is 9.09. The SMILES string of the molecule is C[C@H](CCc1ccccc1)NC(=O)c1ccc(Nc2nn3c(=O)c4ccccc4nc3s2)cc1. The van der Waals surface area contributed by atoms with Crippen LogP contribution in [0.4, 0.5) is 10.8 Å². The number of nitrogens with zero attached hydrogens (tertiary/aromatic N) is 3. The van der Waals surface area contributed by atoms with Crippen LogP contribution in [-0.4, -0.2) is 26.5 Å². The van der Waals surface area contributed by atoms with Gasteiger partial charge in [-0.3, -0.25) is 9.59 Å². The summed E-state index contributed by atoms with van der Waals surface area (Å²) >= 11 is 1.29. The molecule has 3 aromatic carbocycles. The fourth-order valence-corrected chi connectivity index (χ4v) is 4.56. The Kier molecular flexibility index (Phi) is 6.05. The molecule has 0 saturated carbocycles. The van der Waals surface area contributed by atoms with Gasteiger partial charge in [0.15, 0.2) is 0 Å². The van der Waals surface area contributed by atoms with Crippen LogP contribution in [0.25, 0.3) is 15.9 Å². The van der Waals surface area contributed by atoms with Gasteiger partial charge in [-0.15, -0.1) is 5.10 Å². The molecule has 1 atom stereocenters. The van der Waals surface area contributed by atoms with Crippen molar-refractivity contribution >= 4 is 43.9 Å². The van der Waals surface area contributed by atoms with Gasteiger partial charge in [-0.2, -0.15) is 4.52 Å². The molecule has 0 fully saturated rings. The highest BCUT2D eigenvalue weighted by Gasteiger charge is 2.12. The van der Waals surface area contributed by atoms with E-state index in [9.17, 15) is 9.59 Å². The molecule has 0 unspecified atom stereocenters. The fraction of sp³-hybridized carbons (Fsp3) is 0.154. The van der Waals surface area contributed by atoms with Gasteiger partial charge in [0.25, 0.3) is 11.5 Å². The van der Waals surface area contributed by atoms with E-state index < -0.39 is 0 Å². The Hall–Kier alpha value is -4.04. The van der Waals surface area contributed by atoms with Crippen molar-refractivity contribution in [2.45, 2.75) is 25.8 Å². The number of para-hydroxylation sites is 1. The molecule has 2 aromatic heterocycles. The molecule has 0 saturated heterocycles. The van der Waals surface area contributed by atoms with E-state index in [2.05, 4.69) is 32.8 Å². The maximum Gasteiger partial charge on any atom is 0.283 e. The van der Waals surface area contributed by atoms with E-state index >= 15 is 0 Å². The maximum atomic E-state index is 12.7. The van der Waals surface area contributed by atoms with Gasteiger partial charge in [-0.05, 0) is 61.7 Å². The molecule has 0 bridgehead atoms. The Morgan fingerprint density at radius 1 is 1.00 bits per heavy atom. The number of rotatable bonds is 7. The number of amides is 1. The third-order valence-electron chi connectivity index (χ3n) is 5.59. The van der Waals surface area contributed by atoms with Gasteiger partial charge < -0.3 is 10.6 Å². The number of carbonyl (C=O) groups is 1. The third kappa shape index (κ3) is 4.67. The summed E-state index contributed by atoms with van der Waals surface area (Å²) in [7, 11) is 0. The molecular weight excluding hydrogens is 446 g/mol. The third-order valence-corrected chi connectivity index (χ3v) is 6.41. The molecule has 0 aliphatic carbocycles. The molecule has 170 valence electrons. The molecular formula is C26H23N5O2S. The minimum absolute atomic E-state index is 0.0644. The summed E-state index contributed by atoms with van der Waals surface area (Å²) in [6.07, 6.45) is 1.79. The Labute approximate surface area is 200 Å². The zero-order chi connectivity index (χ0) is 23.5. The predicted molar refractivity (Wildman–Crippen MR) is 136 cm³/mol. The largest absolute Gasteiger partial charge is 0.350 e. The number of hydrogen-bond acceptors (Lipinski definition) is 6. The molecule has 5 aromatic rings. The van der Waals surface area contributed by atoms with Crippen molar-refractivity contribution in [3.05, 3.63) is 100 Å². The molecule has 0 spiro atoms. The van der Waals surface area contributed by atoms with E-state index in [1.165, 1.54) is 21.4 Å². The summed E-state index contributed by atoms with van der Waals surface area (Å²) in [5, 5.41) is 11.7. The Morgan fingerprint density at radius 2 is 1.74 bits per heavy atom. The molecule has 34 heavy (non-hydrogen) atoms. The van der Waals surface area contributed by atoms with Crippen LogP contribution in [0.15, 0.2) is 83.7 Å². The highest BCUT2D eigenvalue weighted by Crippen LogP contribution is 2.23. The van der Waals surface area contributed by atoms with E-state index in [0.717, 1.165) is 18.5 Å². The van der Waals surface area contributed by atoms with E-state index in [1.54, 1.807) is 18.2 Å². The van der Waals surface area contributed by atoms with Gasteiger partial charge >= 0.3 is 0 Å². The molecule has 0 aliphatic heterocycles. The first-order valence-corrected chi connectivity index (χ1v) is 11.9. The Morgan fingerprint density at radius 3 is 2.53 bits per heavy atom. The van der Waals surface area contributed by atoms with E-state index in [1.807, 2.05) is 55.5 Å². The van der Waals surface area contributed by atoms with Crippen molar-refractivity contribution in [3.8, 4) is 0 Å². The summed E-state index contributed by atoms with van der Waals surface area (Å²) < 4.78 is 1.31. The van der Waals surface area contributed by atoms with Crippen molar-refractivity contribution in [2.75, 3.05) is 5.32 Å². The van der Waals surface area contributed by atoms with Crippen molar-refractivity contribution in [2.24, 2.45) is 0 Å². The van der Waals surface area contributed by atoms with Crippen LogP contribution in [-0.2, 0) is 6.42 Å². The monoisotopic (exact) mass is 469 g/mol. The molecule has 0 radical (unpaired) electrons. The molecule has 7 nitrogen and oxygen atoms in total. The molecule has 2 N–H and O–H groups in total. The first-order valence-electron chi connectivity index (χ1n) is 11.1. The predicted octanol–water partition coefficient (Wildman–Crippen LogP) is 4.80. The minimum atomic E-state index is -0.196. The molecule has 8 heteroatoms. The Balaban J connectivity index is 1.24. The lowest BCUT2D eigenvalue weighted by Gasteiger charge is -2.14. The second-order valence-electron chi connectivity index (χ2n) is 8.14. The zero-order valence-electron chi connectivity index (χ0n) is 18.6. The highest BCUT2D eigenvalue weighted by atomic mass is 32.1. The van der Waals surface area contributed by atoms with Crippen LogP contribution >= 0.6 is 11.3 Å². The smallest absolute Gasteiger partial charge is 0.283 e. The number of benzene rings is 3. The average molecular weight is 470 g/mol. The summed E-state index contributed by atoms with van der Waals surface area (Å²) in [6, 6.07) is 24.7. The normalized spacial score (nSPS) is 12.0. The minimum Gasteiger partial charge on any atom is -0.350 e. The van der Waals surface area contributed by atoms with Gasteiger partial charge in [0.2, 0.25) is 10.1 Å². The molecule has 5 rings (SSSR count). The van der Waals surface area contributed by atoms with Crippen molar-refractivity contribution in [1.29, 1.82) is 0 Å². The fourth-order valence-electron chi connectivity index (χ4n) is 3.74. The number of aromatic nitrogens is 3. The number of hydrogen-bond donors (Lipinski definition) is 2. The molecule has 1 amide bonds. The van der Waals surface area contributed by atoms with Gasteiger partial charge in [0.1, 0.15) is 0 Å². The first-order chi connectivity index (χ1) is 16.6. The van der Waals surface area contributed by atoms with Crippen LogP contribution in [0, 0.1) is 0 Å². The molecule has 2 heterocycles. The summed E-state index contributed by atoms with van der Waals surface area (Å²) in [4.78, 5) is 30.3. The quantitative estimate of drug-likeness (QED) is 0.358. The number of anilines is 2. The number of aryl methyl sites for hydroxylation is 1. The van der Waals surface area contributed by atoms with Crippen LogP contribution in [0.1, 0.15) is 29.3 Å². The van der Waals surface area contributed by atoms with E-state index in [-0.39, 0.29) is 17.5 Å². The first kappa shape index (κ1) is 21.8. The highest BCUT2D eigenvalue weighted by molar-refractivity contribution is 7.20. The summed E-state index contributed by atoms with van der Waals surface area (Å²) in [6.45, 7) is 2.02. The van der Waals surface area contributed by atoms with E-state index in [4.69, 9.17) is 0 Å². The molecule has 0 aliphatic rings. The lowest BCUT2D eigenvalue weighted by atomic mass is 10.1. The lowest BCUT2D eigenvalue weighted by Crippen LogP contribution is -2.32. The summed E-state index contributed by atoms with van der Waals surface area (Å²) in [5.74, 6) is -0.102. The van der Waals surface area contributed by atoms with Gasteiger partial charge in [-0.25, -0.2) is 4.98 Å².